The zero-order valence-corrected chi connectivity index (χ0v) is 37.7. The van der Waals surface area contributed by atoms with Crippen LogP contribution in [0.25, 0.3) is 97.3 Å². The Bertz CT molecular complexity index is 3060. The Morgan fingerprint density at radius 2 is 0.393 bits per heavy atom. The second-order valence-corrected chi connectivity index (χ2v) is 16.1. The van der Waals surface area contributed by atoms with Crippen molar-refractivity contribution in [2.45, 2.75) is 41.5 Å². The van der Waals surface area contributed by atoms with E-state index in [1.165, 1.54) is 97.5 Å². The van der Waals surface area contributed by atoms with E-state index in [9.17, 15) is 0 Å². The van der Waals surface area contributed by atoms with Gasteiger partial charge in [-0.05, 0) is 125 Å². The number of fused-ring (bicyclic) bond motifs is 18. The summed E-state index contributed by atoms with van der Waals surface area (Å²) in [6.45, 7) is 12.6. The fourth-order valence-electron chi connectivity index (χ4n) is 8.98. The zero-order valence-electron chi connectivity index (χ0n) is 35.3. The molecular formula is C57H45IrN3+3. The minimum absolute atomic E-state index is 0. The van der Waals surface area contributed by atoms with Crippen LogP contribution in [0.2, 0.25) is 0 Å². The Balaban J connectivity index is 0.000000116. The summed E-state index contributed by atoms with van der Waals surface area (Å²) in [4.78, 5) is 14.6. The maximum Gasteiger partial charge on any atom is 3.00 e. The summed E-state index contributed by atoms with van der Waals surface area (Å²) in [5.74, 6) is 0. The van der Waals surface area contributed by atoms with Crippen LogP contribution in [0.5, 0.6) is 0 Å². The van der Waals surface area contributed by atoms with Crippen molar-refractivity contribution in [1.82, 2.24) is 15.0 Å². The van der Waals surface area contributed by atoms with E-state index < -0.39 is 0 Å². The SMILES string of the molecule is Cc1cc2c3ccccc3c3ccccc3c2nc1C.Cc1cc2c3ccccc3c3ccccc3c2nc1C.Cc1cc2c3ccccc3c3ccccc3c2nc1C.[Ir+3]. The molecule has 0 spiro atoms. The molecule has 0 atom stereocenters. The van der Waals surface area contributed by atoms with Gasteiger partial charge >= 0.3 is 20.1 Å². The molecule has 4 heteroatoms. The number of nitrogens with zero attached hydrogens (tertiary/aromatic N) is 3. The van der Waals surface area contributed by atoms with Gasteiger partial charge in [0.25, 0.3) is 0 Å². The summed E-state index contributed by atoms with van der Waals surface area (Å²) in [6, 6.07) is 58.3. The van der Waals surface area contributed by atoms with Crippen LogP contribution in [0.4, 0.5) is 0 Å². The number of aromatic nitrogens is 3. The third-order valence-corrected chi connectivity index (χ3v) is 12.5. The molecule has 0 amide bonds. The van der Waals surface area contributed by atoms with Gasteiger partial charge < -0.3 is 0 Å². The second kappa shape index (κ2) is 16.1. The molecule has 3 nitrogen and oxygen atoms in total. The number of benzene rings is 9. The van der Waals surface area contributed by atoms with Crippen LogP contribution in [0.15, 0.2) is 164 Å². The van der Waals surface area contributed by atoms with Crippen molar-refractivity contribution in [3.63, 3.8) is 0 Å². The third-order valence-electron chi connectivity index (χ3n) is 12.5. The van der Waals surface area contributed by atoms with Gasteiger partial charge in [-0.25, -0.2) is 0 Å². The first-order valence-corrected chi connectivity index (χ1v) is 20.8. The van der Waals surface area contributed by atoms with E-state index in [4.69, 9.17) is 15.0 Å². The number of rotatable bonds is 0. The summed E-state index contributed by atoms with van der Waals surface area (Å²) in [5, 5.41) is 19.1. The summed E-state index contributed by atoms with van der Waals surface area (Å²) >= 11 is 0. The van der Waals surface area contributed by atoms with Crippen molar-refractivity contribution in [2.24, 2.45) is 0 Å². The number of hydrogen-bond donors (Lipinski definition) is 0. The largest absolute Gasteiger partial charge is 3.00 e. The maximum absolute atomic E-state index is 4.85. The first kappa shape index (κ1) is 39.9. The van der Waals surface area contributed by atoms with Crippen LogP contribution in [-0.2, 0) is 20.1 Å². The van der Waals surface area contributed by atoms with Crippen LogP contribution in [0, 0.1) is 41.5 Å². The summed E-state index contributed by atoms with van der Waals surface area (Å²) < 4.78 is 0. The van der Waals surface area contributed by atoms with Gasteiger partial charge in [0.1, 0.15) is 0 Å². The van der Waals surface area contributed by atoms with Crippen molar-refractivity contribution in [2.75, 3.05) is 0 Å². The van der Waals surface area contributed by atoms with Crippen molar-refractivity contribution in [1.29, 1.82) is 0 Å². The average Bonchev–Trinajstić information content (AvgIpc) is 3.29. The summed E-state index contributed by atoms with van der Waals surface area (Å²) in [7, 11) is 0. The third kappa shape index (κ3) is 6.87. The van der Waals surface area contributed by atoms with Crippen LogP contribution < -0.4 is 0 Å². The molecule has 9 aromatic carbocycles. The van der Waals surface area contributed by atoms with E-state index in [0.29, 0.717) is 0 Å². The first-order chi connectivity index (χ1) is 29.3. The summed E-state index contributed by atoms with van der Waals surface area (Å²) in [6.07, 6.45) is 0. The molecule has 0 saturated carbocycles. The van der Waals surface area contributed by atoms with E-state index in [1.54, 1.807) is 0 Å². The van der Waals surface area contributed by atoms with Gasteiger partial charge in [0.15, 0.2) is 0 Å². The van der Waals surface area contributed by atoms with Crippen LogP contribution >= 0.6 is 0 Å². The van der Waals surface area contributed by atoms with E-state index in [2.05, 4.69) is 205 Å². The van der Waals surface area contributed by atoms with Crippen molar-refractivity contribution in [3.8, 4) is 0 Å². The Hall–Kier alpha value is -6.58. The number of pyridine rings is 3. The van der Waals surface area contributed by atoms with E-state index >= 15 is 0 Å². The van der Waals surface area contributed by atoms with Crippen molar-refractivity contribution in [3.05, 3.63) is 198 Å². The summed E-state index contributed by atoms with van der Waals surface area (Å²) in [5.41, 5.74) is 10.4. The smallest absolute Gasteiger partial charge is 0.252 e. The van der Waals surface area contributed by atoms with Gasteiger partial charge in [-0.15, -0.1) is 0 Å². The van der Waals surface area contributed by atoms with Crippen LogP contribution in [-0.4, -0.2) is 15.0 Å². The van der Waals surface area contributed by atoms with Gasteiger partial charge in [0.05, 0.1) is 16.6 Å². The van der Waals surface area contributed by atoms with Gasteiger partial charge in [-0.1, -0.05) is 146 Å². The molecule has 0 aliphatic heterocycles. The molecule has 3 aromatic heterocycles. The maximum atomic E-state index is 4.85. The predicted octanol–water partition coefficient (Wildman–Crippen LogP) is 15.5. The molecule has 0 N–H and O–H groups in total. The Morgan fingerprint density at radius 1 is 0.230 bits per heavy atom. The average molecular weight is 964 g/mol. The molecule has 0 saturated heterocycles. The molecule has 12 rings (SSSR count). The first-order valence-electron chi connectivity index (χ1n) is 20.8. The molecule has 0 aliphatic rings. The molecule has 294 valence electrons. The quantitative estimate of drug-likeness (QED) is 0.142. The molecule has 12 aromatic rings. The predicted molar refractivity (Wildman–Crippen MR) is 259 cm³/mol. The van der Waals surface area contributed by atoms with E-state index in [0.717, 1.165) is 33.6 Å². The fraction of sp³-hybridized carbons (Fsp3) is 0.105. The molecule has 0 radical (unpaired) electrons. The Kier molecular flexibility index (Phi) is 10.5. The molecular weight excluding hydrogens is 919 g/mol. The van der Waals surface area contributed by atoms with Gasteiger partial charge in [-0.2, -0.15) is 0 Å². The minimum Gasteiger partial charge on any atom is -0.252 e. The standard InChI is InChI=1S/3C19H15N.Ir/c3*1-12-11-18-16-9-4-3-7-14(16)15-8-5-6-10-17(15)19(18)20-13(12)2;/h3*3-11H,1-2H3;/q;;;+3. The normalized spacial score (nSPS) is 11.3. The zero-order chi connectivity index (χ0) is 41.1. The molecule has 0 bridgehead atoms. The Labute approximate surface area is 369 Å². The molecule has 61 heavy (non-hydrogen) atoms. The topological polar surface area (TPSA) is 38.7 Å². The van der Waals surface area contributed by atoms with Gasteiger partial charge in [0.2, 0.25) is 0 Å². The molecule has 0 unspecified atom stereocenters. The van der Waals surface area contributed by atoms with E-state index in [1.807, 2.05) is 0 Å². The molecule has 0 aliphatic carbocycles. The molecule has 3 heterocycles. The van der Waals surface area contributed by atoms with Crippen LogP contribution in [0.3, 0.4) is 0 Å². The van der Waals surface area contributed by atoms with Crippen molar-refractivity contribution >= 4 is 97.3 Å². The van der Waals surface area contributed by atoms with Crippen molar-refractivity contribution < 1.29 is 20.1 Å². The van der Waals surface area contributed by atoms with Crippen LogP contribution in [0.1, 0.15) is 33.8 Å². The number of aryl methyl sites for hydroxylation is 6. The monoisotopic (exact) mass is 964 g/mol. The minimum atomic E-state index is 0. The van der Waals surface area contributed by atoms with Gasteiger partial charge in [0, 0.05) is 49.4 Å². The number of hydrogen-bond acceptors (Lipinski definition) is 3. The fourth-order valence-corrected chi connectivity index (χ4v) is 8.98. The second-order valence-electron chi connectivity index (χ2n) is 16.1. The Morgan fingerprint density at radius 3 is 0.607 bits per heavy atom. The van der Waals surface area contributed by atoms with Gasteiger partial charge in [-0.3, -0.25) is 15.0 Å². The molecule has 0 fully saturated rings. The van der Waals surface area contributed by atoms with E-state index in [-0.39, 0.29) is 20.1 Å².